The molecule has 96 valence electrons. The highest BCUT2D eigenvalue weighted by Crippen LogP contribution is 2.24. The van der Waals surface area contributed by atoms with Gasteiger partial charge in [-0.3, -0.25) is 4.79 Å². The molecule has 0 fully saturated rings. The average Bonchev–Trinajstić information content (AvgIpc) is 2.54. The van der Waals surface area contributed by atoms with Gasteiger partial charge in [0, 0.05) is 22.2 Å². The van der Waals surface area contributed by atoms with Gasteiger partial charge in [0.1, 0.15) is 0 Å². The van der Waals surface area contributed by atoms with E-state index in [0.29, 0.717) is 5.82 Å². The van der Waals surface area contributed by atoms with Crippen molar-refractivity contribution in [3.05, 3.63) is 15.8 Å². The number of carbonyl (C=O) groups excluding carboxylic acids is 1. The van der Waals surface area contributed by atoms with Crippen LogP contribution in [-0.4, -0.2) is 20.7 Å². The van der Waals surface area contributed by atoms with E-state index in [0.717, 1.165) is 14.6 Å². The van der Waals surface area contributed by atoms with E-state index < -0.39 is 5.41 Å². The SMILES string of the molecule is Cn1nc(NC(=O)C(C)(C)C)c2cc(I)cnc21. The first-order valence-electron chi connectivity index (χ1n) is 5.59. The van der Waals surface area contributed by atoms with Crippen LogP contribution in [0.1, 0.15) is 20.8 Å². The minimum Gasteiger partial charge on any atom is -0.308 e. The lowest BCUT2D eigenvalue weighted by molar-refractivity contribution is -0.123. The fourth-order valence-corrected chi connectivity index (χ4v) is 1.95. The number of nitrogens with one attached hydrogen (secondary N) is 1. The van der Waals surface area contributed by atoms with Crippen molar-refractivity contribution in [3.63, 3.8) is 0 Å². The smallest absolute Gasteiger partial charge is 0.230 e. The van der Waals surface area contributed by atoms with Gasteiger partial charge in [-0.2, -0.15) is 5.10 Å². The Balaban J connectivity index is 2.46. The van der Waals surface area contributed by atoms with Crippen LogP contribution in [0.4, 0.5) is 5.82 Å². The molecule has 0 unspecified atom stereocenters. The molecule has 0 aliphatic heterocycles. The zero-order valence-electron chi connectivity index (χ0n) is 10.8. The zero-order valence-corrected chi connectivity index (χ0v) is 12.9. The van der Waals surface area contributed by atoms with Crippen molar-refractivity contribution < 1.29 is 4.79 Å². The molecule has 0 aliphatic carbocycles. The molecular weight excluding hydrogens is 343 g/mol. The number of hydrogen-bond donors (Lipinski definition) is 1. The molecule has 1 N–H and O–H groups in total. The van der Waals surface area contributed by atoms with Gasteiger partial charge in [-0.25, -0.2) is 9.67 Å². The van der Waals surface area contributed by atoms with Gasteiger partial charge in [0.05, 0.1) is 5.39 Å². The van der Waals surface area contributed by atoms with Gasteiger partial charge in [-0.15, -0.1) is 0 Å². The number of amides is 1. The summed E-state index contributed by atoms with van der Waals surface area (Å²) in [7, 11) is 1.81. The first kappa shape index (κ1) is 13.3. The van der Waals surface area contributed by atoms with Crippen molar-refractivity contribution in [2.45, 2.75) is 20.8 Å². The summed E-state index contributed by atoms with van der Waals surface area (Å²) >= 11 is 2.19. The average molecular weight is 358 g/mol. The summed E-state index contributed by atoms with van der Waals surface area (Å²) in [6.07, 6.45) is 1.78. The Labute approximate surface area is 119 Å². The monoisotopic (exact) mass is 358 g/mol. The summed E-state index contributed by atoms with van der Waals surface area (Å²) in [5.41, 5.74) is 0.318. The molecular formula is C12H15IN4O. The second kappa shape index (κ2) is 4.49. The quantitative estimate of drug-likeness (QED) is 0.798. The van der Waals surface area contributed by atoms with Crippen LogP contribution in [0.3, 0.4) is 0 Å². The van der Waals surface area contributed by atoms with Crippen LogP contribution in [0.25, 0.3) is 11.0 Å². The minimum atomic E-state index is -0.445. The van der Waals surface area contributed by atoms with Crippen LogP contribution in [0, 0.1) is 8.99 Å². The molecule has 0 spiro atoms. The number of aryl methyl sites for hydroxylation is 1. The molecule has 0 radical (unpaired) electrons. The molecule has 0 atom stereocenters. The molecule has 18 heavy (non-hydrogen) atoms. The number of anilines is 1. The molecule has 0 saturated heterocycles. The normalized spacial score (nSPS) is 11.8. The molecule has 0 saturated carbocycles. The molecule has 0 aromatic carbocycles. The molecule has 5 nitrogen and oxygen atoms in total. The van der Waals surface area contributed by atoms with Crippen molar-refractivity contribution in [3.8, 4) is 0 Å². The Morgan fingerprint density at radius 1 is 1.44 bits per heavy atom. The Kier molecular flexibility index (Phi) is 3.31. The van der Waals surface area contributed by atoms with E-state index in [2.05, 4.69) is 38.0 Å². The van der Waals surface area contributed by atoms with Crippen molar-refractivity contribution in [1.29, 1.82) is 0 Å². The lowest BCUT2D eigenvalue weighted by Gasteiger charge is -2.16. The number of hydrogen-bond acceptors (Lipinski definition) is 3. The summed E-state index contributed by atoms with van der Waals surface area (Å²) in [6.45, 7) is 5.61. The lowest BCUT2D eigenvalue weighted by Crippen LogP contribution is -2.27. The first-order chi connectivity index (χ1) is 8.29. The number of halogens is 1. The number of fused-ring (bicyclic) bond motifs is 1. The fraction of sp³-hybridized carbons (Fsp3) is 0.417. The van der Waals surface area contributed by atoms with Gasteiger partial charge in [-0.05, 0) is 28.7 Å². The van der Waals surface area contributed by atoms with E-state index in [9.17, 15) is 4.79 Å². The van der Waals surface area contributed by atoms with Gasteiger partial charge in [0.25, 0.3) is 0 Å². The highest BCUT2D eigenvalue weighted by atomic mass is 127. The maximum absolute atomic E-state index is 12.0. The van der Waals surface area contributed by atoms with Crippen LogP contribution >= 0.6 is 22.6 Å². The van der Waals surface area contributed by atoms with Crippen molar-refractivity contribution in [2.24, 2.45) is 12.5 Å². The molecule has 2 rings (SSSR count). The van der Waals surface area contributed by atoms with E-state index in [4.69, 9.17) is 0 Å². The Hall–Kier alpha value is -1.18. The third-order valence-electron chi connectivity index (χ3n) is 2.56. The summed E-state index contributed by atoms with van der Waals surface area (Å²) in [6, 6.07) is 1.97. The van der Waals surface area contributed by atoms with Crippen molar-refractivity contribution >= 4 is 45.3 Å². The van der Waals surface area contributed by atoms with E-state index in [1.165, 1.54) is 0 Å². The van der Waals surface area contributed by atoms with Gasteiger partial charge in [-0.1, -0.05) is 20.8 Å². The second-order valence-electron chi connectivity index (χ2n) is 5.20. The maximum atomic E-state index is 12.0. The van der Waals surface area contributed by atoms with Gasteiger partial charge in [0.2, 0.25) is 5.91 Å². The molecule has 1 amide bonds. The number of pyridine rings is 1. The Bertz CT molecular complexity index is 612. The molecule has 2 aromatic rings. The topological polar surface area (TPSA) is 59.8 Å². The molecule has 2 heterocycles. The lowest BCUT2D eigenvalue weighted by atomic mass is 9.96. The standard InChI is InChI=1S/C12H15IN4O/c1-12(2,3)11(18)15-9-8-5-7(13)6-14-10(8)17(4)16-9/h5-6H,1-4H3,(H,15,16,18). The summed E-state index contributed by atoms with van der Waals surface area (Å²) in [5.74, 6) is 0.514. The number of aromatic nitrogens is 3. The van der Waals surface area contributed by atoms with Crippen molar-refractivity contribution in [1.82, 2.24) is 14.8 Å². The van der Waals surface area contributed by atoms with Crippen LogP contribution in [-0.2, 0) is 11.8 Å². The predicted octanol–water partition coefficient (Wildman–Crippen LogP) is 2.56. The van der Waals surface area contributed by atoms with Crippen LogP contribution in [0.5, 0.6) is 0 Å². The first-order valence-corrected chi connectivity index (χ1v) is 6.66. The van der Waals surface area contributed by atoms with Crippen molar-refractivity contribution in [2.75, 3.05) is 5.32 Å². The molecule has 6 heteroatoms. The number of nitrogens with zero attached hydrogens (tertiary/aromatic N) is 3. The van der Waals surface area contributed by atoms with E-state index in [1.54, 1.807) is 10.9 Å². The van der Waals surface area contributed by atoms with Crippen LogP contribution in [0.15, 0.2) is 12.3 Å². The highest BCUT2D eigenvalue weighted by molar-refractivity contribution is 14.1. The second-order valence-corrected chi connectivity index (χ2v) is 6.45. The van der Waals surface area contributed by atoms with Crippen LogP contribution in [0.2, 0.25) is 0 Å². The third-order valence-corrected chi connectivity index (χ3v) is 3.15. The fourth-order valence-electron chi connectivity index (χ4n) is 1.50. The molecule has 0 aliphatic rings. The summed E-state index contributed by atoms with van der Waals surface area (Å²) in [5, 5.41) is 8.02. The highest BCUT2D eigenvalue weighted by Gasteiger charge is 2.23. The minimum absolute atomic E-state index is 0.0543. The van der Waals surface area contributed by atoms with E-state index >= 15 is 0 Å². The number of carbonyl (C=O) groups is 1. The summed E-state index contributed by atoms with van der Waals surface area (Å²) < 4.78 is 2.68. The molecule has 0 bridgehead atoms. The zero-order chi connectivity index (χ0) is 13.5. The van der Waals surface area contributed by atoms with Gasteiger partial charge in [0.15, 0.2) is 11.5 Å². The third kappa shape index (κ3) is 2.47. The van der Waals surface area contributed by atoms with Crippen LogP contribution < -0.4 is 5.32 Å². The van der Waals surface area contributed by atoms with Gasteiger partial charge < -0.3 is 5.32 Å². The Morgan fingerprint density at radius 3 is 2.72 bits per heavy atom. The number of rotatable bonds is 1. The predicted molar refractivity (Wildman–Crippen MR) is 79.3 cm³/mol. The van der Waals surface area contributed by atoms with E-state index in [-0.39, 0.29) is 5.91 Å². The largest absolute Gasteiger partial charge is 0.308 e. The Morgan fingerprint density at radius 2 is 2.11 bits per heavy atom. The van der Waals surface area contributed by atoms with E-state index in [1.807, 2.05) is 33.9 Å². The summed E-state index contributed by atoms with van der Waals surface area (Å²) in [4.78, 5) is 16.3. The van der Waals surface area contributed by atoms with Gasteiger partial charge >= 0.3 is 0 Å². The molecule has 2 aromatic heterocycles. The maximum Gasteiger partial charge on any atom is 0.230 e.